The molecule has 1 rings (SSSR count). The Morgan fingerprint density at radius 2 is 1.38 bits per heavy atom. The molecule has 5 heteroatoms. The zero-order valence-corrected chi connectivity index (χ0v) is 22.5. The molecule has 0 aromatic heterocycles. The number of esters is 2. The van der Waals surface area contributed by atoms with Crippen molar-refractivity contribution < 1.29 is 14.3 Å². The fourth-order valence-corrected chi connectivity index (χ4v) is 3.53. The smallest absolute Gasteiger partial charge is 0.330 e. The second kappa shape index (κ2) is 21.9. The molecule has 2 N–H and O–H groups in total. The molecule has 32 heavy (non-hydrogen) atoms. The molecular formula is C27H43NNaO3. The van der Waals surface area contributed by atoms with Gasteiger partial charge in [0.2, 0.25) is 0 Å². The molecule has 1 aromatic carbocycles. The van der Waals surface area contributed by atoms with Gasteiger partial charge in [0.1, 0.15) is 6.04 Å². The van der Waals surface area contributed by atoms with Crippen LogP contribution in [0.25, 0.3) is 0 Å². The maximum atomic E-state index is 11.9. The van der Waals surface area contributed by atoms with Gasteiger partial charge in [-0.05, 0) is 44.1 Å². The maximum Gasteiger partial charge on any atom is 0.330 e. The van der Waals surface area contributed by atoms with E-state index in [1.165, 1.54) is 57.8 Å². The van der Waals surface area contributed by atoms with Gasteiger partial charge >= 0.3 is 11.9 Å². The Kier molecular flexibility index (Phi) is 21.2. The third-order valence-electron chi connectivity index (χ3n) is 5.46. The summed E-state index contributed by atoms with van der Waals surface area (Å²) in [5.41, 5.74) is 6.81. The summed E-state index contributed by atoms with van der Waals surface area (Å²) < 4.78 is 4.89. The third-order valence-corrected chi connectivity index (χ3v) is 5.46. The van der Waals surface area contributed by atoms with Crippen LogP contribution in [0.2, 0.25) is 0 Å². The van der Waals surface area contributed by atoms with E-state index in [0.29, 0.717) is 6.42 Å². The molecule has 0 aliphatic rings. The molecule has 0 unspecified atom stereocenters. The van der Waals surface area contributed by atoms with Crippen molar-refractivity contribution in [1.82, 2.24) is 0 Å². The summed E-state index contributed by atoms with van der Waals surface area (Å²) in [6.07, 6.45) is 21.0. The van der Waals surface area contributed by atoms with Crippen molar-refractivity contribution in [2.45, 2.75) is 109 Å². The maximum absolute atomic E-state index is 11.9. The molecular weight excluding hydrogens is 409 g/mol. The second-order valence-electron chi connectivity index (χ2n) is 8.42. The molecule has 4 nitrogen and oxygen atoms in total. The number of benzene rings is 1. The topological polar surface area (TPSA) is 69.4 Å². The first kappa shape index (κ1) is 31.1. The Hall–Kier alpha value is -0.940. The van der Waals surface area contributed by atoms with Crippen molar-refractivity contribution in [1.29, 1.82) is 0 Å². The summed E-state index contributed by atoms with van der Waals surface area (Å²) in [5.74, 6) is -1.10. The molecule has 0 spiro atoms. The number of carbonyl (C=O) groups excluding carboxylic acids is 2. The molecule has 1 radical (unpaired) electrons. The van der Waals surface area contributed by atoms with Gasteiger partial charge in [-0.3, -0.25) is 4.79 Å². The van der Waals surface area contributed by atoms with E-state index in [2.05, 4.69) is 19.1 Å². The molecule has 0 amide bonds. The largest absolute Gasteiger partial charge is 0.392 e. The van der Waals surface area contributed by atoms with Crippen molar-refractivity contribution in [3.63, 3.8) is 0 Å². The zero-order valence-electron chi connectivity index (χ0n) is 20.5. The fourth-order valence-electron chi connectivity index (χ4n) is 3.53. The van der Waals surface area contributed by atoms with Gasteiger partial charge in [0, 0.05) is 36.0 Å². The fraction of sp³-hybridized carbons (Fsp3) is 0.630. The van der Waals surface area contributed by atoms with Gasteiger partial charge < -0.3 is 10.5 Å². The van der Waals surface area contributed by atoms with Crippen LogP contribution >= 0.6 is 0 Å². The predicted octanol–water partition coefficient (Wildman–Crippen LogP) is 6.28. The van der Waals surface area contributed by atoms with E-state index in [1.54, 1.807) is 0 Å². The number of allylic oxidation sites excluding steroid dienone is 2. The standard InChI is InChI=1S/C27H43NO3.Na/c1-2-3-4-5-6-7-8-9-10-11-12-13-14-15-19-22-26(29)31-27(30)25(28)23-24-20-17-16-18-21-24;/h9-10,16-18,20-21,25H,2-8,11-15,19,22-23,28H2,1H3;/t25-;/m0./s1. The Morgan fingerprint density at radius 3 is 1.97 bits per heavy atom. The van der Waals surface area contributed by atoms with Crippen LogP contribution in [-0.4, -0.2) is 47.5 Å². The van der Waals surface area contributed by atoms with Crippen LogP contribution in [0.15, 0.2) is 42.5 Å². The van der Waals surface area contributed by atoms with E-state index in [1.807, 2.05) is 30.3 Å². The number of rotatable bonds is 18. The van der Waals surface area contributed by atoms with E-state index in [9.17, 15) is 9.59 Å². The molecule has 0 fully saturated rings. The van der Waals surface area contributed by atoms with Crippen LogP contribution in [-0.2, 0) is 20.7 Å². The number of hydrogen-bond donors (Lipinski definition) is 1. The van der Waals surface area contributed by atoms with E-state index in [4.69, 9.17) is 10.5 Å². The quantitative estimate of drug-likeness (QED) is 0.0935. The normalized spacial score (nSPS) is 11.8. The zero-order chi connectivity index (χ0) is 22.6. The van der Waals surface area contributed by atoms with Gasteiger partial charge in [-0.1, -0.05) is 101 Å². The van der Waals surface area contributed by atoms with Crippen LogP contribution in [0.4, 0.5) is 0 Å². The monoisotopic (exact) mass is 452 g/mol. The molecule has 1 atom stereocenters. The van der Waals surface area contributed by atoms with Crippen molar-refractivity contribution in [2.24, 2.45) is 5.73 Å². The summed E-state index contributed by atoms with van der Waals surface area (Å²) in [6.45, 7) is 2.25. The Morgan fingerprint density at radius 1 is 0.844 bits per heavy atom. The predicted molar refractivity (Wildman–Crippen MR) is 134 cm³/mol. The van der Waals surface area contributed by atoms with Gasteiger partial charge in [0.05, 0.1) is 0 Å². The number of hydrogen-bond acceptors (Lipinski definition) is 4. The Labute approximate surface area is 218 Å². The Balaban J connectivity index is 0.00000961. The minimum absolute atomic E-state index is 0. The third kappa shape index (κ3) is 17.6. The number of unbranched alkanes of at least 4 members (excludes halogenated alkanes) is 11. The minimum atomic E-state index is -0.805. The van der Waals surface area contributed by atoms with Crippen LogP contribution in [0.1, 0.15) is 102 Å². The first-order valence-corrected chi connectivity index (χ1v) is 12.3. The molecule has 0 aliphatic heterocycles. The summed E-state index contributed by atoms with van der Waals surface area (Å²) in [5, 5.41) is 0. The SMILES string of the molecule is CCCCCCCCC=CCCCCCCCC(=O)OC(=O)[C@@H](N)Cc1ccccc1.[Na]. The average molecular weight is 453 g/mol. The van der Waals surface area contributed by atoms with E-state index >= 15 is 0 Å². The van der Waals surface area contributed by atoms with Gasteiger partial charge in [0.15, 0.2) is 0 Å². The molecule has 0 saturated carbocycles. The molecule has 175 valence electrons. The van der Waals surface area contributed by atoms with Gasteiger partial charge in [-0.2, -0.15) is 0 Å². The van der Waals surface area contributed by atoms with Crippen molar-refractivity contribution in [3.05, 3.63) is 48.0 Å². The molecule has 0 aliphatic carbocycles. The first-order chi connectivity index (χ1) is 15.1. The van der Waals surface area contributed by atoms with Crippen molar-refractivity contribution >= 4 is 41.5 Å². The van der Waals surface area contributed by atoms with Crippen LogP contribution in [0, 0.1) is 0 Å². The Bertz CT molecular complexity index is 619. The van der Waals surface area contributed by atoms with Crippen molar-refractivity contribution in [2.75, 3.05) is 0 Å². The number of carbonyl (C=O) groups is 2. The van der Waals surface area contributed by atoms with Crippen molar-refractivity contribution in [3.8, 4) is 0 Å². The minimum Gasteiger partial charge on any atom is -0.392 e. The van der Waals surface area contributed by atoms with Crippen LogP contribution < -0.4 is 5.73 Å². The van der Waals surface area contributed by atoms with E-state index in [-0.39, 0.29) is 36.0 Å². The molecule has 0 bridgehead atoms. The summed E-state index contributed by atoms with van der Waals surface area (Å²) in [6, 6.07) is 8.70. The molecule has 0 heterocycles. The van der Waals surface area contributed by atoms with Gasteiger partial charge in [-0.25, -0.2) is 4.79 Å². The average Bonchev–Trinajstić information content (AvgIpc) is 2.77. The summed E-state index contributed by atoms with van der Waals surface area (Å²) >= 11 is 0. The van der Waals surface area contributed by atoms with E-state index < -0.39 is 18.0 Å². The van der Waals surface area contributed by atoms with Crippen LogP contribution in [0.5, 0.6) is 0 Å². The summed E-state index contributed by atoms with van der Waals surface area (Å²) in [4.78, 5) is 23.8. The van der Waals surface area contributed by atoms with Crippen LogP contribution in [0.3, 0.4) is 0 Å². The summed E-state index contributed by atoms with van der Waals surface area (Å²) in [7, 11) is 0. The van der Waals surface area contributed by atoms with Gasteiger partial charge in [0.25, 0.3) is 0 Å². The second-order valence-corrected chi connectivity index (χ2v) is 8.42. The molecule has 0 saturated heterocycles. The van der Waals surface area contributed by atoms with E-state index in [0.717, 1.165) is 31.2 Å². The van der Waals surface area contributed by atoms with Gasteiger partial charge in [-0.15, -0.1) is 0 Å². The first-order valence-electron chi connectivity index (χ1n) is 12.3. The molecule has 1 aromatic rings. The number of ether oxygens (including phenoxy) is 1. The number of nitrogens with two attached hydrogens (primary N) is 1.